The Kier molecular flexibility index (Phi) is 3.76. The number of nitrogens with one attached hydrogen (secondary N) is 1. The Morgan fingerprint density at radius 3 is 2.62 bits per heavy atom. The summed E-state index contributed by atoms with van der Waals surface area (Å²) in [5.74, 6) is -2.62. The number of rotatable bonds is 4. The van der Waals surface area contributed by atoms with Crippen molar-refractivity contribution in [1.29, 1.82) is 0 Å². The van der Waals surface area contributed by atoms with Crippen molar-refractivity contribution in [3.63, 3.8) is 0 Å². The minimum absolute atomic E-state index is 0.0154. The van der Waals surface area contributed by atoms with Crippen molar-refractivity contribution >= 4 is 29.3 Å². The summed E-state index contributed by atoms with van der Waals surface area (Å²) in [4.78, 5) is 24.9. The molecular formula is C16H16NO3S-. The number of anilines is 1. The maximum absolute atomic E-state index is 12.5. The van der Waals surface area contributed by atoms with Gasteiger partial charge in [-0.2, -0.15) is 0 Å². The Bertz CT molecular complexity index is 613. The fraction of sp³-hybridized carbons (Fsp3) is 0.375. The highest BCUT2D eigenvalue weighted by molar-refractivity contribution is 7.98. The maximum Gasteiger partial charge on any atom is 0.228 e. The van der Waals surface area contributed by atoms with Crippen LogP contribution in [0, 0.1) is 23.7 Å². The van der Waals surface area contributed by atoms with E-state index in [-0.39, 0.29) is 17.7 Å². The second kappa shape index (κ2) is 5.56. The van der Waals surface area contributed by atoms with Gasteiger partial charge in [-0.1, -0.05) is 18.2 Å². The lowest BCUT2D eigenvalue weighted by atomic mass is 9.82. The average Bonchev–Trinajstić information content (AvgIpc) is 3.07. The van der Waals surface area contributed by atoms with E-state index in [0.29, 0.717) is 5.69 Å². The molecule has 0 aliphatic heterocycles. The van der Waals surface area contributed by atoms with Gasteiger partial charge in [0.05, 0.1) is 5.92 Å². The number of fused-ring (bicyclic) bond motifs is 2. The highest BCUT2D eigenvalue weighted by Crippen LogP contribution is 2.48. The molecule has 2 aliphatic carbocycles. The molecule has 2 bridgehead atoms. The normalized spacial score (nSPS) is 29.6. The summed E-state index contributed by atoms with van der Waals surface area (Å²) < 4.78 is 0. The van der Waals surface area contributed by atoms with E-state index >= 15 is 0 Å². The molecule has 0 unspecified atom stereocenters. The number of carbonyl (C=O) groups is 2. The summed E-state index contributed by atoms with van der Waals surface area (Å²) in [6, 6.07) is 7.54. The fourth-order valence-corrected chi connectivity index (χ4v) is 3.89. The first kappa shape index (κ1) is 14.2. The van der Waals surface area contributed by atoms with Crippen LogP contribution in [0.2, 0.25) is 0 Å². The van der Waals surface area contributed by atoms with Crippen LogP contribution in [-0.4, -0.2) is 18.1 Å². The number of carbonyl (C=O) groups excluding carboxylic acids is 2. The van der Waals surface area contributed by atoms with Gasteiger partial charge in [-0.3, -0.25) is 4.79 Å². The van der Waals surface area contributed by atoms with Gasteiger partial charge in [-0.05, 0) is 42.7 Å². The second-order valence-electron chi connectivity index (χ2n) is 5.54. The summed E-state index contributed by atoms with van der Waals surface area (Å²) in [6.07, 6.45) is 6.57. The molecule has 1 aromatic carbocycles. The van der Waals surface area contributed by atoms with Crippen LogP contribution in [0.3, 0.4) is 0 Å². The van der Waals surface area contributed by atoms with Gasteiger partial charge in [-0.15, -0.1) is 11.8 Å². The molecule has 1 amide bonds. The van der Waals surface area contributed by atoms with Gasteiger partial charge in [0.1, 0.15) is 0 Å². The Balaban J connectivity index is 1.78. The average molecular weight is 302 g/mol. The number of carboxylic acid groups (broad SMARTS) is 1. The number of allylic oxidation sites excluding steroid dienone is 2. The topological polar surface area (TPSA) is 69.2 Å². The fourth-order valence-electron chi connectivity index (χ4n) is 3.43. The molecule has 0 heterocycles. The molecule has 1 N–H and O–H groups in total. The third kappa shape index (κ3) is 2.58. The maximum atomic E-state index is 12.5. The standard InChI is InChI=1S/C16H17NO3S/c1-21-12-4-2-3-11(8-12)17-15(18)13-9-5-6-10(7-9)14(13)16(19)20/h2-6,8-10,13-14H,7H2,1H3,(H,17,18)(H,19,20)/p-1/t9-,10+,13-,14+/m1/s1. The quantitative estimate of drug-likeness (QED) is 0.676. The van der Waals surface area contributed by atoms with Crippen LogP contribution >= 0.6 is 11.8 Å². The molecule has 0 saturated heterocycles. The van der Waals surface area contributed by atoms with E-state index < -0.39 is 17.8 Å². The molecule has 0 aromatic heterocycles. The zero-order valence-corrected chi connectivity index (χ0v) is 12.4. The SMILES string of the molecule is CSc1cccc(NC(=O)[C@H]2[C@@H](C(=O)[O-])[C@H]3C=C[C@@H]2C3)c1. The molecule has 2 aliphatic rings. The number of amides is 1. The summed E-state index contributed by atoms with van der Waals surface area (Å²) >= 11 is 1.59. The molecule has 0 radical (unpaired) electrons. The van der Waals surface area contributed by atoms with Crippen LogP contribution in [0.5, 0.6) is 0 Å². The largest absolute Gasteiger partial charge is 0.550 e. The Morgan fingerprint density at radius 1 is 1.24 bits per heavy atom. The van der Waals surface area contributed by atoms with Gasteiger partial charge in [0.25, 0.3) is 0 Å². The van der Waals surface area contributed by atoms with Crippen LogP contribution in [0.4, 0.5) is 5.69 Å². The van der Waals surface area contributed by atoms with Crippen molar-refractivity contribution in [3.05, 3.63) is 36.4 Å². The zero-order chi connectivity index (χ0) is 15.0. The van der Waals surface area contributed by atoms with Crippen LogP contribution < -0.4 is 10.4 Å². The predicted molar refractivity (Wildman–Crippen MR) is 79.6 cm³/mol. The molecule has 4 atom stereocenters. The van der Waals surface area contributed by atoms with Crippen LogP contribution in [-0.2, 0) is 9.59 Å². The summed E-state index contributed by atoms with van der Waals surface area (Å²) in [5.41, 5.74) is 0.704. The number of carboxylic acids is 1. The highest BCUT2D eigenvalue weighted by atomic mass is 32.2. The predicted octanol–water partition coefficient (Wildman–Crippen LogP) is 1.54. The van der Waals surface area contributed by atoms with Crippen molar-refractivity contribution in [2.45, 2.75) is 11.3 Å². The Labute approximate surface area is 127 Å². The first-order chi connectivity index (χ1) is 10.1. The van der Waals surface area contributed by atoms with E-state index in [1.54, 1.807) is 11.8 Å². The van der Waals surface area contributed by atoms with Crippen molar-refractivity contribution in [1.82, 2.24) is 0 Å². The molecule has 1 fully saturated rings. The van der Waals surface area contributed by atoms with E-state index in [1.165, 1.54) is 0 Å². The molecule has 5 heteroatoms. The van der Waals surface area contributed by atoms with Gasteiger partial charge >= 0.3 is 0 Å². The molecule has 21 heavy (non-hydrogen) atoms. The third-order valence-corrected chi connectivity index (χ3v) is 5.10. The molecule has 110 valence electrons. The third-order valence-electron chi connectivity index (χ3n) is 4.37. The summed E-state index contributed by atoms with van der Waals surface area (Å²) in [7, 11) is 0. The monoisotopic (exact) mass is 302 g/mol. The zero-order valence-electron chi connectivity index (χ0n) is 11.6. The molecule has 1 aromatic rings. The van der Waals surface area contributed by atoms with E-state index in [9.17, 15) is 14.7 Å². The number of aliphatic carboxylic acids is 1. The van der Waals surface area contributed by atoms with E-state index in [1.807, 2.05) is 42.7 Å². The summed E-state index contributed by atoms with van der Waals surface area (Å²) in [5, 5.41) is 14.2. The smallest absolute Gasteiger partial charge is 0.228 e. The van der Waals surface area contributed by atoms with Crippen LogP contribution in [0.15, 0.2) is 41.3 Å². The molecule has 4 nitrogen and oxygen atoms in total. The van der Waals surface area contributed by atoms with E-state index in [2.05, 4.69) is 5.32 Å². The number of thioether (sulfide) groups is 1. The second-order valence-corrected chi connectivity index (χ2v) is 6.42. The first-order valence-electron chi connectivity index (χ1n) is 6.94. The lowest BCUT2D eigenvalue weighted by molar-refractivity contribution is -0.313. The number of hydrogen-bond acceptors (Lipinski definition) is 4. The lowest BCUT2D eigenvalue weighted by Crippen LogP contribution is -2.42. The van der Waals surface area contributed by atoms with Crippen molar-refractivity contribution in [3.8, 4) is 0 Å². The summed E-state index contributed by atoms with van der Waals surface area (Å²) in [6.45, 7) is 0. The van der Waals surface area contributed by atoms with Crippen LogP contribution in [0.1, 0.15) is 6.42 Å². The van der Waals surface area contributed by atoms with Gasteiger partial charge in [0, 0.05) is 22.5 Å². The Morgan fingerprint density at radius 2 is 1.95 bits per heavy atom. The number of benzene rings is 1. The molecule has 3 rings (SSSR count). The Hall–Kier alpha value is -1.75. The van der Waals surface area contributed by atoms with E-state index in [0.717, 1.165) is 11.3 Å². The van der Waals surface area contributed by atoms with Gasteiger partial charge < -0.3 is 15.2 Å². The van der Waals surface area contributed by atoms with Gasteiger partial charge in [0.15, 0.2) is 0 Å². The molecular weight excluding hydrogens is 286 g/mol. The van der Waals surface area contributed by atoms with Crippen molar-refractivity contribution in [2.24, 2.45) is 23.7 Å². The first-order valence-corrected chi connectivity index (χ1v) is 8.16. The van der Waals surface area contributed by atoms with Gasteiger partial charge in [-0.25, -0.2) is 0 Å². The van der Waals surface area contributed by atoms with E-state index in [4.69, 9.17) is 0 Å². The number of hydrogen-bond donors (Lipinski definition) is 1. The van der Waals surface area contributed by atoms with Crippen molar-refractivity contribution < 1.29 is 14.7 Å². The van der Waals surface area contributed by atoms with Gasteiger partial charge in [0.2, 0.25) is 5.91 Å². The lowest BCUT2D eigenvalue weighted by Gasteiger charge is -2.27. The molecule has 0 spiro atoms. The highest BCUT2D eigenvalue weighted by Gasteiger charge is 2.48. The molecule has 1 saturated carbocycles. The minimum atomic E-state index is -1.12. The minimum Gasteiger partial charge on any atom is -0.550 e. The van der Waals surface area contributed by atoms with Crippen LogP contribution in [0.25, 0.3) is 0 Å². The van der Waals surface area contributed by atoms with Crippen molar-refractivity contribution in [2.75, 3.05) is 11.6 Å².